The number of aryl methyl sites for hydroxylation is 1. The van der Waals surface area contributed by atoms with Crippen LogP contribution in [-0.2, 0) is 6.18 Å². The number of halogens is 3. The van der Waals surface area contributed by atoms with Crippen LogP contribution in [0, 0.1) is 6.92 Å². The second-order valence-corrected chi connectivity index (χ2v) is 5.63. The quantitative estimate of drug-likeness (QED) is 0.895. The lowest BCUT2D eigenvalue weighted by Crippen LogP contribution is -2.19. The third-order valence-electron chi connectivity index (χ3n) is 3.48. The Bertz CT molecular complexity index is 772. The van der Waals surface area contributed by atoms with E-state index in [0.29, 0.717) is 17.7 Å². The van der Waals surface area contributed by atoms with Crippen LogP contribution in [0.5, 0.6) is 0 Å². The fourth-order valence-corrected chi connectivity index (χ4v) is 2.19. The molecule has 1 saturated carbocycles. The number of carbonyl (C=O) groups is 1. The Morgan fingerprint density at radius 3 is 2.58 bits per heavy atom. The Morgan fingerprint density at radius 2 is 1.92 bits per heavy atom. The van der Waals surface area contributed by atoms with E-state index in [9.17, 15) is 18.0 Å². The number of nitrogens with zero attached hydrogens (tertiary/aromatic N) is 2. The second kappa shape index (κ2) is 6.10. The number of amides is 1. The normalized spacial score (nSPS) is 14.3. The highest BCUT2D eigenvalue weighted by atomic mass is 19.4. The maximum atomic E-state index is 13.0. The lowest BCUT2D eigenvalue weighted by molar-refractivity contribution is -0.136. The van der Waals surface area contributed by atoms with Crippen molar-refractivity contribution in [1.82, 2.24) is 9.97 Å². The molecule has 0 saturated heterocycles. The third kappa shape index (κ3) is 3.81. The number of hydrogen-bond donors (Lipinski definition) is 2. The molecule has 126 valence electrons. The largest absolute Gasteiger partial charge is 0.418 e. The lowest BCUT2D eigenvalue weighted by atomic mass is 10.1. The number of carbonyl (C=O) groups excluding carboxylic acids is 1. The molecular formula is C16H15F3N4O. The molecule has 0 atom stereocenters. The van der Waals surface area contributed by atoms with Gasteiger partial charge in [0.05, 0.1) is 11.3 Å². The van der Waals surface area contributed by atoms with Crippen molar-refractivity contribution >= 4 is 17.5 Å². The third-order valence-corrected chi connectivity index (χ3v) is 3.48. The molecule has 1 aromatic heterocycles. The molecule has 3 rings (SSSR count). The Labute approximate surface area is 136 Å². The molecule has 5 nitrogen and oxygen atoms in total. The number of para-hydroxylation sites is 1. The predicted molar refractivity (Wildman–Crippen MR) is 82.8 cm³/mol. The number of anilines is 2. The van der Waals surface area contributed by atoms with Gasteiger partial charge in [-0.1, -0.05) is 12.1 Å². The number of benzene rings is 1. The van der Waals surface area contributed by atoms with Crippen LogP contribution in [-0.4, -0.2) is 21.9 Å². The summed E-state index contributed by atoms with van der Waals surface area (Å²) in [5.41, 5.74) is -0.631. The monoisotopic (exact) mass is 336 g/mol. The molecule has 1 aliphatic rings. The minimum Gasteiger partial charge on any atom is -0.351 e. The number of alkyl halides is 3. The summed E-state index contributed by atoms with van der Waals surface area (Å²) in [6.07, 6.45) is -2.53. The van der Waals surface area contributed by atoms with Gasteiger partial charge >= 0.3 is 6.18 Å². The summed E-state index contributed by atoms with van der Waals surface area (Å²) in [6.45, 7) is 1.69. The first-order chi connectivity index (χ1) is 11.3. The maximum absolute atomic E-state index is 13.0. The minimum absolute atomic E-state index is 0.0163. The Balaban J connectivity index is 1.84. The zero-order valence-electron chi connectivity index (χ0n) is 12.8. The van der Waals surface area contributed by atoms with Gasteiger partial charge in [-0.05, 0) is 38.0 Å². The Kier molecular flexibility index (Phi) is 4.13. The summed E-state index contributed by atoms with van der Waals surface area (Å²) in [5, 5.41) is 5.35. The molecule has 0 bridgehead atoms. The van der Waals surface area contributed by atoms with Gasteiger partial charge in [-0.2, -0.15) is 13.2 Å². The van der Waals surface area contributed by atoms with Crippen molar-refractivity contribution in [3.05, 3.63) is 47.3 Å². The zero-order chi connectivity index (χ0) is 17.3. The van der Waals surface area contributed by atoms with Crippen molar-refractivity contribution in [2.24, 2.45) is 0 Å². The summed E-state index contributed by atoms with van der Waals surface area (Å²) in [6, 6.07) is 6.55. The predicted octanol–water partition coefficient (Wildman–Crippen LogP) is 3.63. The first-order valence-electron chi connectivity index (χ1n) is 7.43. The molecule has 2 N–H and O–H groups in total. The van der Waals surface area contributed by atoms with E-state index in [1.165, 1.54) is 24.3 Å². The molecule has 24 heavy (non-hydrogen) atoms. The minimum atomic E-state index is -4.55. The average Bonchev–Trinajstić information content (AvgIpc) is 3.30. The fourth-order valence-electron chi connectivity index (χ4n) is 2.19. The molecule has 0 spiro atoms. The van der Waals surface area contributed by atoms with Crippen LogP contribution in [0.25, 0.3) is 0 Å². The Morgan fingerprint density at radius 1 is 1.21 bits per heavy atom. The van der Waals surface area contributed by atoms with E-state index in [0.717, 1.165) is 18.9 Å². The van der Waals surface area contributed by atoms with Crippen molar-refractivity contribution in [3.63, 3.8) is 0 Å². The van der Waals surface area contributed by atoms with Crippen LogP contribution in [0.3, 0.4) is 0 Å². The summed E-state index contributed by atoms with van der Waals surface area (Å²) in [4.78, 5) is 20.6. The first-order valence-corrected chi connectivity index (χ1v) is 7.43. The summed E-state index contributed by atoms with van der Waals surface area (Å²) < 4.78 is 39.0. The molecule has 0 radical (unpaired) electrons. The van der Waals surface area contributed by atoms with Gasteiger partial charge in [0.15, 0.2) is 0 Å². The summed E-state index contributed by atoms with van der Waals surface area (Å²) >= 11 is 0. The van der Waals surface area contributed by atoms with Crippen LogP contribution in [0.4, 0.5) is 24.8 Å². The molecule has 1 heterocycles. The average molecular weight is 336 g/mol. The lowest BCUT2D eigenvalue weighted by Gasteiger charge is -2.13. The SMILES string of the molecule is Cc1cc(C(=O)Nc2ccccc2C(F)(F)F)nc(NC2CC2)n1. The standard InChI is InChI=1S/C16H15F3N4O/c1-9-8-13(23-15(20-9)21-10-6-7-10)14(24)22-12-5-3-2-4-11(12)16(17,18)19/h2-5,8,10H,6-7H2,1H3,(H,22,24)(H,20,21,23). The van der Waals surface area contributed by atoms with Gasteiger partial charge in [0.2, 0.25) is 5.95 Å². The van der Waals surface area contributed by atoms with Crippen molar-refractivity contribution < 1.29 is 18.0 Å². The van der Waals surface area contributed by atoms with Crippen molar-refractivity contribution in [2.45, 2.75) is 32.0 Å². The molecule has 1 aromatic carbocycles. The summed E-state index contributed by atoms with van der Waals surface area (Å²) in [5.74, 6) is -0.400. The molecule has 0 unspecified atom stereocenters. The van der Waals surface area contributed by atoms with Crippen LogP contribution in [0.15, 0.2) is 30.3 Å². The molecule has 0 aliphatic heterocycles. The van der Waals surface area contributed by atoms with Crippen molar-refractivity contribution in [2.75, 3.05) is 10.6 Å². The molecule has 8 heteroatoms. The van der Waals surface area contributed by atoms with Gasteiger partial charge in [-0.15, -0.1) is 0 Å². The van der Waals surface area contributed by atoms with Crippen LogP contribution in [0.2, 0.25) is 0 Å². The van der Waals surface area contributed by atoms with E-state index in [1.54, 1.807) is 6.92 Å². The number of rotatable bonds is 4. The second-order valence-electron chi connectivity index (χ2n) is 5.63. The highest BCUT2D eigenvalue weighted by Gasteiger charge is 2.33. The van der Waals surface area contributed by atoms with Crippen molar-refractivity contribution in [1.29, 1.82) is 0 Å². The van der Waals surface area contributed by atoms with E-state index in [4.69, 9.17) is 0 Å². The van der Waals surface area contributed by atoms with E-state index >= 15 is 0 Å². The zero-order valence-corrected chi connectivity index (χ0v) is 12.8. The highest BCUT2D eigenvalue weighted by molar-refractivity contribution is 6.03. The van der Waals surface area contributed by atoms with Crippen LogP contribution >= 0.6 is 0 Å². The molecule has 1 aliphatic carbocycles. The van der Waals surface area contributed by atoms with Crippen LogP contribution < -0.4 is 10.6 Å². The maximum Gasteiger partial charge on any atom is 0.418 e. The van der Waals surface area contributed by atoms with Gasteiger partial charge in [0.1, 0.15) is 5.69 Å². The van der Waals surface area contributed by atoms with E-state index in [-0.39, 0.29) is 11.4 Å². The van der Waals surface area contributed by atoms with Gasteiger partial charge in [-0.3, -0.25) is 4.79 Å². The smallest absolute Gasteiger partial charge is 0.351 e. The van der Waals surface area contributed by atoms with Gasteiger partial charge in [0.25, 0.3) is 5.91 Å². The number of nitrogens with one attached hydrogen (secondary N) is 2. The molecule has 1 fully saturated rings. The van der Waals surface area contributed by atoms with E-state index in [2.05, 4.69) is 20.6 Å². The molecule has 1 amide bonds. The topological polar surface area (TPSA) is 66.9 Å². The fraction of sp³-hybridized carbons (Fsp3) is 0.312. The van der Waals surface area contributed by atoms with Crippen molar-refractivity contribution in [3.8, 4) is 0 Å². The van der Waals surface area contributed by atoms with Crippen LogP contribution in [0.1, 0.15) is 34.6 Å². The van der Waals surface area contributed by atoms with Gasteiger partial charge in [-0.25, -0.2) is 9.97 Å². The number of aromatic nitrogens is 2. The van der Waals surface area contributed by atoms with Gasteiger partial charge < -0.3 is 10.6 Å². The van der Waals surface area contributed by atoms with E-state index < -0.39 is 17.6 Å². The van der Waals surface area contributed by atoms with Gasteiger partial charge in [0, 0.05) is 11.7 Å². The molecule has 2 aromatic rings. The highest BCUT2D eigenvalue weighted by Crippen LogP contribution is 2.34. The summed E-state index contributed by atoms with van der Waals surface area (Å²) in [7, 11) is 0. The first kappa shape index (κ1) is 16.2. The number of hydrogen-bond acceptors (Lipinski definition) is 4. The molecular weight excluding hydrogens is 321 g/mol. The Hall–Kier alpha value is -2.64. The van der Waals surface area contributed by atoms with E-state index in [1.807, 2.05) is 0 Å².